The Labute approximate surface area is 112 Å². The molecule has 0 aliphatic rings. The number of thiophene rings is 1. The molecular formula is C13H20N4S. The van der Waals surface area contributed by atoms with Crippen LogP contribution >= 0.6 is 11.3 Å². The molecule has 5 heteroatoms. The average Bonchev–Trinajstić information content (AvgIpc) is 3.00. The van der Waals surface area contributed by atoms with Crippen LogP contribution in [0.5, 0.6) is 0 Å². The summed E-state index contributed by atoms with van der Waals surface area (Å²) in [7, 11) is 1.98. The molecule has 0 radical (unpaired) electrons. The summed E-state index contributed by atoms with van der Waals surface area (Å²) in [4.78, 5) is 1.40. The summed E-state index contributed by atoms with van der Waals surface area (Å²) in [6.45, 7) is 2.11. The third-order valence-corrected chi connectivity index (χ3v) is 4.08. The molecule has 2 aromatic heterocycles. The lowest BCUT2D eigenvalue weighted by Crippen LogP contribution is -2.29. The maximum atomic E-state index is 5.68. The van der Waals surface area contributed by atoms with E-state index in [9.17, 15) is 0 Å². The van der Waals surface area contributed by atoms with Crippen molar-refractivity contribution in [1.29, 1.82) is 0 Å². The van der Waals surface area contributed by atoms with Crippen LogP contribution in [0, 0.1) is 0 Å². The van der Waals surface area contributed by atoms with Crippen LogP contribution in [0.25, 0.3) is 0 Å². The molecule has 0 bridgehead atoms. The Balaban J connectivity index is 2.05. The molecule has 2 heterocycles. The molecule has 0 aromatic carbocycles. The Hall–Kier alpha value is -1.17. The van der Waals surface area contributed by atoms with E-state index < -0.39 is 0 Å². The summed E-state index contributed by atoms with van der Waals surface area (Å²) < 4.78 is 1.93. The van der Waals surface area contributed by atoms with Crippen molar-refractivity contribution in [3.8, 4) is 0 Å². The van der Waals surface area contributed by atoms with Crippen LogP contribution in [-0.2, 0) is 19.9 Å². The monoisotopic (exact) mass is 264 g/mol. The number of nitrogens with one attached hydrogen (secondary N) is 1. The molecule has 1 unspecified atom stereocenters. The highest BCUT2D eigenvalue weighted by Gasteiger charge is 2.15. The van der Waals surface area contributed by atoms with Crippen LogP contribution in [0.4, 0.5) is 0 Å². The van der Waals surface area contributed by atoms with Crippen molar-refractivity contribution < 1.29 is 0 Å². The lowest BCUT2D eigenvalue weighted by atomic mass is 10.1. The Morgan fingerprint density at radius 2 is 2.39 bits per heavy atom. The van der Waals surface area contributed by atoms with E-state index in [1.807, 2.05) is 11.7 Å². The third-order valence-electron chi connectivity index (χ3n) is 3.15. The van der Waals surface area contributed by atoms with Gasteiger partial charge in [-0.25, -0.2) is 0 Å². The molecule has 98 valence electrons. The fourth-order valence-electron chi connectivity index (χ4n) is 2.10. The first-order valence-electron chi connectivity index (χ1n) is 6.26. The number of rotatable bonds is 6. The lowest BCUT2D eigenvalue weighted by molar-refractivity contribution is 0.481. The molecule has 0 spiro atoms. The van der Waals surface area contributed by atoms with E-state index in [4.69, 9.17) is 5.84 Å². The van der Waals surface area contributed by atoms with Crippen LogP contribution in [0.2, 0.25) is 0 Å². The van der Waals surface area contributed by atoms with Gasteiger partial charge >= 0.3 is 0 Å². The molecule has 0 aliphatic heterocycles. The molecule has 4 nitrogen and oxygen atoms in total. The first kappa shape index (κ1) is 13.3. The predicted octanol–water partition coefficient (Wildman–Crippen LogP) is 2.18. The van der Waals surface area contributed by atoms with Crippen LogP contribution in [0.15, 0.2) is 23.6 Å². The molecule has 18 heavy (non-hydrogen) atoms. The second kappa shape index (κ2) is 6.13. The fourth-order valence-corrected chi connectivity index (χ4v) is 2.83. The number of nitrogens with two attached hydrogens (primary N) is 1. The normalized spacial score (nSPS) is 12.8. The third kappa shape index (κ3) is 2.98. The van der Waals surface area contributed by atoms with Crippen LogP contribution in [0.3, 0.4) is 0 Å². The van der Waals surface area contributed by atoms with E-state index in [0.717, 1.165) is 30.7 Å². The Morgan fingerprint density at radius 1 is 1.56 bits per heavy atom. The summed E-state index contributed by atoms with van der Waals surface area (Å²) in [5, 5.41) is 6.58. The van der Waals surface area contributed by atoms with Crippen molar-refractivity contribution in [3.63, 3.8) is 0 Å². The van der Waals surface area contributed by atoms with Gasteiger partial charge in [0.2, 0.25) is 0 Å². The van der Waals surface area contributed by atoms with E-state index >= 15 is 0 Å². The summed E-state index contributed by atoms with van der Waals surface area (Å²) in [5.74, 6) is 5.68. The fraction of sp³-hybridized carbons (Fsp3) is 0.462. The molecule has 2 rings (SSSR count). The molecule has 0 saturated carbocycles. The van der Waals surface area contributed by atoms with Gasteiger partial charge in [-0.1, -0.05) is 13.0 Å². The Morgan fingerprint density at radius 3 is 2.94 bits per heavy atom. The van der Waals surface area contributed by atoms with Crippen molar-refractivity contribution >= 4 is 11.3 Å². The smallest absolute Gasteiger partial charge is 0.0632 e. The zero-order valence-corrected chi connectivity index (χ0v) is 11.7. The van der Waals surface area contributed by atoms with Gasteiger partial charge in [-0.3, -0.25) is 16.0 Å². The minimum Gasteiger partial charge on any atom is -0.271 e. The topological polar surface area (TPSA) is 55.9 Å². The van der Waals surface area contributed by atoms with Gasteiger partial charge < -0.3 is 0 Å². The Kier molecular flexibility index (Phi) is 4.52. The van der Waals surface area contributed by atoms with Crippen molar-refractivity contribution in [3.05, 3.63) is 39.8 Å². The molecular weight excluding hydrogens is 244 g/mol. The molecule has 0 amide bonds. The van der Waals surface area contributed by atoms with E-state index in [1.165, 1.54) is 4.88 Å². The van der Waals surface area contributed by atoms with Gasteiger partial charge in [0, 0.05) is 11.9 Å². The van der Waals surface area contributed by atoms with Gasteiger partial charge in [0.05, 0.1) is 17.4 Å². The first-order valence-corrected chi connectivity index (χ1v) is 7.14. The molecule has 0 fully saturated rings. The SMILES string of the molecule is CCc1cc(C(CCc2cccs2)NN)n(C)n1. The highest BCUT2D eigenvalue weighted by atomic mass is 32.1. The number of hydrogen-bond acceptors (Lipinski definition) is 4. The number of aryl methyl sites for hydroxylation is 3. The molecule has 2 aromatic rings. The van der Waals surface area contributed by atoms with Crippen LogP contribution in [0.1, 0.15) is 35.7 Å². The largest absolute Gasteiger partial charge is 0.271 e. The maximum Gasteiger partial charge on any atom is 0.0632 e. The number of hydrogen-bond donors (Lipinski definition) is 2. The van der Waals surface area contributed by atoms with Gasteiger partial charge in [0.25, 0.3) is 0 Å². The van der Waals surface area contributed by atoms with Gasteiger partial charge in [0.15, 0.2) is 0 Å². The quantitative estimate of drug-likeness (QED) is 0.621. The summed E-state index contributed by atoms with van der Waals surface area (Å²) in [6.07, 6.45) is 2.98. The minimum atomic E-state index is 0.157. The van der Waals surface area contributed by atoms with Crippen molar-refractivity contribution in [1.82, 2.24) is 15.2 Å². The lowest BCUT2D eigenvalue weighted by Gasteiger charge is -2.15. The van der Waals surface area contributed by atoms with E-state index in [-0.39, 0.29) is 6.04 Å². The highest BCUT2D eigenvalue weighted by molar-refractivity contribution is 7.09. The van der Waals surface area contributed by atoms with Gasteiger partial charge in [-0.05, 0) is 36.8 Å². The average molecular weight is 264 g/mol. The zero-order valence-electron chi connectivity index (χ0n) is 10.9. The standard InChI is InChI=1S/C13H20N4S/c1-3-10-9-13(17(2)16-10)12(15-14)7-6-11-5-4-8-18-11/h4-5,8-9,12,15H,3,6-7,14H2,1-2H3. The second-order valence-corrected chi connectivity index (χ2v) is 5.41. The van der Waals surface area contributed by atoms with Crippen LogP contribution < -0.4 is 11.3 Å². The van der Waals surface area contributed by atoms with Gasteiger partial charge in [0.1, 0.15) is 0 Å². The van der Waals surface area contributed by atoms with Gasteiger partial charge in [-0.15, -0.1) is 11.3 Å². The van der Waals surface area contributed by atoms with Crippen molar-refractivity contribution in [2.45, 2.75) is 32.2 Å². The Bertz CT molecular complexity index is 475. The predicted molar refractivity (Wildman–Crippen MR) is 75.3 cm³/mol. The highest BCUT2D eigenvalue weighted by Crippen LogP contribution is 2.21. The van der Waals surface area contributed by atoms with E-state index in [0.29, 0.717) is 0 Å². The maximum absolute atomic E-state index is 5.68. The summed E-state index contributed by atoms with van der Waals surface area (Å²) in [5.41, 5.74) is 5.18. The first-order chi connectivity index (χ1) is 8.74. The zero-order chi connectivity index (χ0) is 13.0. The van der Waals surface area contributed by atoms with Crippen molar-refractivity contribution in [2.24, 2.45) is 12.9 Å². The molecule has 0 aliphatic carbocycles. The van der Waals surface area contributed by atoms with Gasteiger partial charge in [-0.2, -0.15) is 5.10 Å². The van der Waals surface area contributed by atoms with Crippen molar-refractivity contribution in [2.75, 3.05) is 0 Å². The minimum absolute atomic E-state index is 0.157. The number of aromatic nitrogens is 2. The molecule has 1 atom stereocenters. The number of nitrogens with zero attached hydrogens (tertiary/aromatic N) is 2. The van der Waals surface area contributed by atoms with Crippen LogP contribution in [-0.4, -0.2) is 9.78 Å². The summed E-state index contributed by atoms with van der Waals surface area (Å²) >= 11 is 1.79. The molecule has 3 N–H and O–H groups in total. The molecule has 0 saturated heterocycles. The van der Waals surface area contributed by atoms with E-state index in [2.05, 4.69) is 41.0 Å². The summed E-state index contributed by atoms with van der Waals surface area (Å²) in [6, 6.07) is 6.55. The van der Waals surface area contributed by atoms with E-state index in [1.54, 1.807) is 11.3 Å². The number of hydrazine groups is 1. The second-order valence-electron chi connectivity index (χ2n) is 4.37.